The van der Waals surface area contributed by atoms with Crippen molar-refractivity contribution >= 4 is 29.0 Å². The molecule has 2 aromatic heterocycles. The van der Waals surface area contributed by atoms with Crippen molar-refractivity contribution in [2.75, 3.05) is 5.32 Å². The summed E-state index contributed by atoms with van der Waals surface area (Å²) in [6, 6.07) is 4.66. The third-order valence-electron chi connectivity index (χ3n) is 3.12. The maximum Gasteiger partial charge on any atom is 0.261 e. The number of amides is 2. The van der Waals surface area contributed by atoms with E-state index >= 15 is 0 Å². The molecular weight excluding hydrogens is 300 g/mol. The van der Waals surface area contributed by atoms with Gasteiger partial charge in [-0.3, -0.25) is 14.7 Å². The van der Waals surface area contributed by atoms with Crippen LogP contribution in [0, 0.1) is 0 Å². The van der Waals surface area contributed by atoms with Crippen molar-refractivity contribution in [2.24, 2.45) is 0 Å². The summed E-state index contributed by atoms with van der Waals surface area (Å²) in [5.41, 5.74) is 0.854. The monoisotopic (exact) mass is 320 g/mol. The second-order valence-electron chi connectivity index (χ2n) is 6.08. The van der Waals surface area contributed by atoms with Crippen LogP contribution in [-0.4, -0.2) is 28.1 Å². The average molecular weight is 320 g/mol. The van der Waals surface area contributed by atoms with E-state index in [1.54, 1.807) is 25.1 Å². The number of H-pyrrole nitrogens is 1. The van der Waals surface area contributed by atoms with Gasteiger partial charge in [0, 0.05) is 17.2 Å². The van der Waals surface area contributed by atoms with Gasteiger partial charge in [-0.2, -0.15) is 5.10 Å². The van der Waals surface area contributed by atoms with Crippen LogP contribution in [0.25, 0.3) is 0 Å². The fraction of sp³-hybridized carbons (Fsp3) is 0.400. The minimum Gasteiger partial charge on any atom is -0.340 e. The number of thiophene rings is 1. The number of nitrogens with one attached hydrogen (secondary N) is 3. The maximum absolute atomic E-state index is 12.1. The summed E-state index contributed by atoms with van der Waals surface area (Å²) in [4.78, 5) is 24.6. The molecule has 6 nitrogen and oxygen atoms in total. The molecule has 2 amide bonds. The van der Waals surface area contributed by atoms with Crippen LogP contribution in [0.4, 0.5) is 5.82 Å². The Hall–Kier alpha value is -2.15. The van der Waals surface area contributed by atoms with Crippen molar-refractivity contribution in [3.8, 4) is 0 Å². The summed E-state index contributed by atoms with van der Waals surface area (Å²) in [5, 5.41) is 14.1. The van der Waals surface area contributed by atoms with E-state index in [9.17, 15) is 9.59 Å². The molecular formula is C15H20N4O2S. The van der Waals surface area contributed by atoms with Crippen molar-refractivity contribution in [3.63, 3.8) is 0 Å². The van der Waals surface area contributed by atoms with Crippen LogP contribution in [-0.2, 0) is 10.2 Å². The predicted octanol–water partition coefficient (Wildman–Crippen LogP) is 2.53. The van der Waals surface area contributed by atoms with E-state index in [0.717, 1.165) is 5.69 Å². The van der Waals surface area contributed by atoms with Gasteiger partial charge >= 0.3 is 0 Å². The van der Waals surface area contributed by atoms with Crippen molar-refractivity contribution in [1.82, 2.24) is 15.5 Å². The van der Waals surface area contributed by atoms with Gasteiger partial charge in [-0.05, 0) is 18.4 Å². The molecule has 7 heteroatoms. The molecule has 0 aliphatic heterocycles. The number of rotatable bonds is 4. The standard InChI is InChI=1S/C15H20N4O2S/c1-9(16-14(21)10-6-5-7-22-10)13(20)17-12-8-11(18-19-12)15(2,3)4/h5-9H,1-4H3,(H,16,21)(H2,17,18,19,20). The van der Waals surface area contributed by atoms with Crippen LogP contribution in [0.2, 0.25) is 0 Å². The molecule has 0 aromatic carbocycles. The van der Waals surface area contributed by atoms with E-state index in [-0.39, 0.29) is 17.2 Å². The van der Waals surface area contributed by atoms with Crippen molar-refractivity contribution < 1.29 is 9.59 Å². The topological polar surface area (TPSA) is 86.9 Å². The van der Waals surface area contributed by atoms with Gasteiger partial charge in [-0.1, -0.05) is 26.8 Å². The zero-order chi connectivity index (χ0) is 16.3. The Morgan fingerprint density at radius 1 is 1.36 bits per heavy atom. The van der Waals surface area contributed by atoms with Gasteiger partial charge in [0.25, 0.3) is 5.91 Å². The van der Waals surface area contributed by atoms with Crippen LogP contribution in [0.5, 0.6) is 0 Å². The van der Waals surface area contributed by atoms with Crippen molar-refractivity contribution in [3.05, 3.63) is 34.2 Å². The van der Waals surface area contributed by atoms with Crippen LogP contribution < -0.4 is 10.6 Å². The number of aromatic nitrogens is 2. The molecule has 22 heavy (non-hydrogen) atoms. The van der Waals surface area contributed by atoms with E-state index in [1.807, 2.05) is 5.38 Å². The summed E-state index contributed by atoms with van der Waals surface area (Å²) in [6.45, 7) is 7.79. The van der Waals surface area contributed by atoms with Crippen molar-refractivity contribution in [1.29, 1.82) is 0 Å². The first-order valence-corrected chi connectivity index (χ1v) is 7.86. The molecule has 0 saturated heterocycles. The number of nitrogens with zero attached hydrogens (tertiary/aromatic N) is 1. The molecule has 0 radical (unpaired) electrons. The Morgan fingerprint density at radius 2 is 2.09 bits per heavy atom. The highest BCUT2D eigenvalue weighted by atomic mass is 32.1. The van der Waals surface area contributed by atoms with E-state index in [1.165, 1.54) is 11.3 Å². The van der Waals surface area contributed by atoms with E-state index in [0.29, 0.717) is 10.7 Å². The zero-order valence-corrected chi connectivity index (χ0v) is 13.9. The van der Waals surface area contributed by atoms with Crippen LogP contribution >= 0.6 is 11.3 Å². The van der Waals surface area contributed by atoms with Gasteiger partial charge in [-0.15, -0.1) is 11.3 Å². The molecule has 0 aliphatic rings. The molecule has 1 atom stereocenters. The van der Waals surface area contributed by atoms with Gasteiger partial charge < -0.3 is 10.6 Å². The molecule has 2 aromatic rings. The number of carbonyl (C=O) groups is 2. The number of hydrogen-bond acceptors (Lipinski definition) is 4. The van der Waals surface area contributed by atoms with E-state index in [2.05, 4.69) is 41.6 Å². The van der Waals surface area contributed by atoms with Crippen LogP contribution in [0.1, 0.15) is 43.1 Å². The lowest BCUT2D eigenvalue weighted by Gasteiger charge is -2.14. The predicted molar refractivity (Wildman–Crippen MR) is 87.2 cm³/mol. The van der Waals surface area contributed by atoms with Gasteiger partial charge in [0.1, 0.15) is 6.04 Å². The molecule has 0 aliphatic carbocycles. The van der Waals surface area contributed by atoms with Gasteiger partial charge in [0.2, 0.25) is 5.91 Å². The fourth-order valence-corrected chi connectivity index (χ4v) is 2.37. The van der Waals surface area contributed by atoms with Gasteiger partial charge in [-0.25, -0.2) is 0 Å². The lowest BCUT2D eigenvalue weighted by atomic mass is 9.92. The van der Waals surface area contributed by atoms with Crippen molar-refractivity contribution in [2.45, 2.75) is 39.2 Å². The van der Waals surface area contributed by atoms with Gasteiger partial charge in [0.15, 0.2) is 5.82 Å². The highest BCUT2D eigenvalue weighted by Gasteiger charge is 2.20. The number of aromatic amines is 1. The van der Waals surface area contributed by atoms with Crippen LogP contribution in [0.3, 0.4) is 0 Å². The minimum absolute atomic E-state index is 0.0744. The average Bonchev–Trinajstić information content (AvgIpc) is 3.08. The summed E-state index contributed by atoms with van der Waals surface area (Å²) in [6.07, 6.45) is 0. The molecule has 0 bridgehead atoms. The third-order valence-corrected chi connectivity index (χ3v) is 3.99. The lowest BCUT2D eigenvalue weighted by molar-refractivity contribution is -0.117. The number of anilines is 1. The zero-order valence-electron chi connectivity index (χ0n) is 13.1. The van der Waals surface area contributed by atoms with E-state index in [4.69, 9.17) is 0 Å². The molecule has 0 fully saturated rings. The second kappa shape index (κ2) is 6.31. The largest absolute Gasteiger partial charge is 0.340 e. The van der Waals surface area contributed by atoms with Crippen LogP contribution in [0.15, 0.2) is 23.6 Å². The first-order chi connectivity index (χ1) is 10.3. The smallest absolute Gasteiger partial charge is 0.261 e. The Bertz CT molecular complexity index is 655. The number of hydrogen-bond donors (Lipinski definition) is 3. The summed E-state index contributed by atoms with van der Waals surface area (Å²) < 4.78 is 0. The molecule has 1 unspecified atom stereocenters. The molecule has 0 saturated carbocycles. The normalized spacial score (nSPS) is 12.7. The minimum atomic E-state index is -0.649. The summed E-state index contributed by atoms with van der Waals surface area (Å²) >= 11 is 1.33. The molecule has 3 N–H and O–H groups in total. The quantitative estimate of drug-likeness (QED) is 0.809. The first-order valence-electron chi connectivity index (χ1n) is 6.98. The first kappa shape index (κ1) is 16.2. The molecule has 2 rings (SSSR count). The highest BCUT2D eigenvalue weighted by Crippen LogP contribution is 2.21. The molecule has 0 spiro atoms. The maximum atomic E-state index is 12.1. The molecule has 2 heterocycles. The fourth-order valence-electron chi connectivity index (χ4n) is 1.75. The lowest BCUT2D eigenvalue weighted by Crippen LogP contribution is -2.41. The summed E-state index contributed by atoms with van der Waals surface area (Å²) in [5.74, 6) is -0.112. The second-order valence-corrected chi connectivity index (χ2v) is 7.03. The SMILES string of the molecule is CC(NC(=O)c1cccs1)C(=O)Nc1cc(C(C)(C)C)[nH]n1. The Balaban J connectivity index is 1.94. The van der Waals surface area contributed by atoms with Gasteiger partial charge in [0.05, 0.1) is 4.88 Å². The van der Waals surface area contributed by atoms with E-state index < -0.39 is 6.04 Å². The summed E-state index contributed by atoms with van der Waals surface area (Å²) in [7, 11) is 0. The number of carbonyl (C=O) groups excluding carboxylic acids is 2. The Kier molecular flexibility index (Phi) is 4.65. The Morgan fingerprint density at radius 3 is 2.64 bits per heavy atom. The highest BCUT2D eigenvalue weighted by molar-refractivity contribution is 7.12. The molecule has 118 valence electrons. The Labute approximate surface area is 133 Å². The third kappa shape index (κ3) is 3.94.